The van der Waals surface area contributed by atoms with E-state index in [1.54, 1.807) is 6.92 Å². The highest BCUT2D eigenvalue weighted by Crippen LogP contribution is 2.51. The first-order valence-electron chi connectivity index (χ1n) is 11.8. The van der Waals surface area contributed by atoms with Crippen LogP contribution in [0.25, 0.3) is 22.3 Å². The number of ether oxygens (including phenoxy) is 2. The van der Waals surface area contributed by atoms with Crippen LogP contribution in [0.3, 0.4) is 0 Å². The summed E-state index contributed by atoms with van der Waals surface area (Å²) in [6, 6.07) is 32.3. The Labute approximate surface area is 204 Å². The van der Waals surface area contributed by atoms with Crippen molar-refractivity contribution in [2.24, 2.45) is 0 Å². The van der Waals surface area contributed by atoms with E-state index in [0.29, 0.717) is 6.47 Å². The van der Waals surface area contributed by atoms with Crippen molar-refractivity contribution in [1.82, 2.24) is 0 Å². The lowest BCUT2D eigenvalue weighted by atomic mass is 9.81. The third-order valence-corrected chi connectivity index (χ3v) is 7.43. The van der Waals surface area contributed by atoms with Crippen LogP contribution in [0.15, 0.2) is 97.1 Å². The Morgan fingerprint density at radius 3 is 1.57 bits per heavy atom. The van der Waals surface area contributed by atoms with Crippen LogP contribution < -0.4 is 0 Å². The largest absolute Gasteiger partial charge is 0.462 e. The monoisotopic (exact) mass is 460 g/mol. The lowest BCUT2D eigenvalue weighted by Gasteiger charge is -2.33. The molecule has 4 nitrogen and oxygen atoms in total. The summed E-state index contributed by atoms with van der Waals surface area (Å²) in [6.45, 7) is 2.18. The Morgan fingerprint density at radius 1 is 0.714 bits per heavy atom. The summed E-state index contributed by atoms with van der Waals surface area (Å²) in [5.74, 6) is -1.09. The van der Waals surface area contributed by atoms with Crippen LogP contribution in [-0.2, 0) is 19.1 Å². The van der Waals surface area contributed by atoms with E-state index in [0.717, 1.165) is 44.5 Å². The first-order chi connectivity index (χ1) is 17.1. The third-order valence-electron chi connectivity index (χ3n) is 7.43. The number of carbonyl (C=O) groups is 2. The third kappa shape index (κ3) is 3.21. The zero-order chi connectivity index (χ0) is 24.0. The average molecular weight is 461 g/mol. The summed E-state index contributed by atoms with van der Waals surface area (Å²) in [7, 11) is 0. The Hall–Kier alpha value is -4.18. The van der Waals surface area contributed by atoms with Crippen LogP contribution >= 0.6 is 0 Å². The maximum Gasteiger partial charge on any atom is 0.351 e. The first kappa shape index (κ1) is 21.4. The molecule has 6 rings (SSSR count). The molecule has 0 saturated carbocycles. The summed E-state index contributed by atoms with van der Waals surface area (Å²) in [5, 5.41) is 0. The highest BCUT2D eigenvalue weighted by Gasteiger charge is 2.51. The molecule has 2 aliphatic rings. The van der Waals surface area contributed by atoms with Gasteiger partial charge in [0.25, 0.3) is 6.47 Å². The van der Waals surface area contributed by atoms with Gasteiger partial charge in [0.1, 0.15) is 6.61 Å². The van der Waals surface area contributed by atoms with Crippen molar-refractivity contribution < 1.29 is 19.1 Å². The van der Waals surface area contributed by atoms with Crippen molar-refractivity contribution in [3.05, 3.63) is 119 Å². The van der Waals surface area contributed by atoms with Crippen molar-refractivity contribution in [3.8, 4) is 22.3 Å². The number of carbonyl (C=O) groups excluding carboxylic acids is 2. The second-order valence-electron chi connectivity index (χ2n) is 9.25. The highest BCUT2D eigenvalue weighted by atomic mass is 16.6. The Bertz CT molecular complexity index is 1360. The van der Waals surface area contributed by atoms with Gasteiger partial charge in [-0.2, -0.15) is 0 Å². The number of hydrogen-bond acceptors (Lipinski definition) is 4. The van der Waals surface area contributed by atoms with E-state index in [-0.39, 0.29) is 12.5 Å². The molecule has 0 fully saturated rings. The van der Waals surface area contributed by atoms with Gasteiger partial charge in [-0.05, 0) is 51.4 Å². The average Bonchev–Trinajstić information content (AvgIpc) is 3.41. The molecule has 35 heavy (non-hydrogen) atoms. The van der Waals surface area contributed by atoms with Crippen molar-refractivity contribution in [2.75, 3.05) is 6.61 Å². The van der Waals surface area contributed by atoms with Crippen LogP contribution in [0.4, 0.5) is 0 Å². The van der Waals surface area contributed by atoms with Gasteiger partial charge in [0.05, 0.1) is 5.92 Å². The second kappa shape index (κ2) is 8.24. The molecule has 0 spiro atoms. The van der Waals surface area contributed by atoms with E-state index >= 15 is 0 Å². The summed E-state index contributed by atoms with van der Waals surface area (Å²) in [6.07, 6.45) is 0. The van der Waals surface area contributed by atoms with Gasteiger partial charge in [-0.25, -0.2) is 4.79 Å². The van der Waals surface area contributed by atoms with E-state index in [2.05, 4.69) is 24.3 Å². The van der Waals surface area contributed by atoms with Crippen LogP contribution in [-0.4, -0.2) is 24.6 Å². The number of hydrogen-bond donors (Lipinski definition) is 0. The molecule has 4 heteroatoms. The lowest BCUT2D eigenvalue weighted by Crippen LogP contribution is -2.45. The van der Waals surface area contributed by atoms with Crippen LogP contribution in [0.1, 0.15) is 41.0 Å². The molecule has 0 aliphatic heterocycles. The van der Waals surface area contributed by atoms with Crippen molar-refractivity contribution in [1.29, 1.82) is 0 Å². The minimum atomic E-state index is -1.51. The predicted molar refractivity (Wildman–Crippen MR) is 134 cm³/mol. The van der Waals surface area contributed by atoms with Gasteiger partial charge in [-0.15, -0.1) is 0 Å². The van der Waals surface area contributed by atoms with E-state index in [1.807, 2.05) is 72.8 Å². The van der Waals surface area contributed by atoms with E-state index in [4.69, 9.17) is 9.47 Å². The first-order valence-corrected chi connectivity index (χ1v) is 11.8. The zero-order valence-corrected chi connectivity index (χ0v) is 19.3. The fraction of sp³-hybridized carbons (Fsp3) is 0.161. The molecule has 2 aliphatic carbocycles. The second-order valence-corrected chi connectivity index (χ2v) is 9.25. The topological polar surface area (TPSA) is 52.6 Å². The maximum absolute atomic E-state index is 13.7. The molecule has 4 aromatic rings. The smallest absolute Gasteiger partial charge is 0.351 e. The molecule has 0 radical (unpaired) electrons. The fourth-order valence-electron chi connectivity index (χ4n) is 5.82. The quantitative estimate of drug-likeness (QED) is 0.258. The van der Waals surface area contributed by atoms with E-state index < -0.39 is 17.5 Å². The number of rotatable bonds is 6. The SMILES string of the molecule is CC(OC=O)(C(=O)OCC1c2ccccc2-c2ccccc21)C1c2ccccc2-c2ccccc21. The minimum Gasteiger partial charge on any atom is -0.462 e. The molecular formula is C31H24O4. The number of fused-ring (bicyclic) bond motifs is 6. The Balaban J connectivity index is 1.35. The maximum atomic E-state index is 13.7. The normalized spacial score (nSPS) is 15.3. The van der Waals surface area contributed by atoms with Gasteiger partial charge in [-0.1, -0.05) is 97.1 Å². The summed E-state index contributed by atoms with van der Waals surface area (Å²) in [4.78, 5) is 25.4. The fourth-order valence-corrected chi connectivity index (χ4v) is 5.82. The van der Waals surface area contributed by atoms with Crippen LogP contribution in [0.5, 0.6) is 0 Å². The van der Waals surface area contributed by atoms with Crippen molar-refractivity contribution in [2.45, 2.75) is 24.4 Å². The highest BCUT2D eigenvalue weighted by molar-refractivity contribution is 5.88. The number of benzene rings is 4. The van der Waals surface area contributed by atoms with Crippen molar-refractivity contribution >= 4 is 12.4 Å². The van der Waals surface area contributed by atoms with Gasteiger partial charge in [0, 0.05) is 5.92 Å². The molecule has 0 bridgehead atoms. The standard InChI is InChI=1S/C31H24O4/c1-31(35-19-32,29-26-16-8-6-12-22(26)23-13-7-9-17-27(23)29)30(33)34-18-28-24-14-4-2-10-20(24)21-11-3-5-15-25(21)28/h2-17,19,28-29H,18H2,1H3. The molecule has 0 saturated heterocycles. The Morgan fingerprint density at radius 2 is 1.11 bits per heavy atom. The number of esters is 1. The molecule has 0 amide bonds. The predicted octanol–water partition coefficient (Wildman–Crippen LogP) is 6.09. The summed E-state index contributed by atoms with van der Waals surface area (Å²) < 4.78 is 11.6. The molecule has 4 aromatic carbocycles. The van der Waals surface area contributed by atoms with Crippen LogP contribution in [0.2, 0.25) is 0 Å². The zero-order valence-electron chi connectivity index (χ0n) is 19.3. The van der Waals surface area contributed by atoms with Gasteiger partial charge < -0.3 is 9.47 Å². The molecule has 172 valence electrons. The van der Waals surface area contributed by atoms with Crippen molar-refractivity contribution in [3.63, 3.8) is 0 Å². The van der Waals surface area contributed by atoms with Gasteiger partial charge >= 0.3 is 5.97 Å². The summed E-state index contributed by atoms with van der Waals surface area (Å²) in [5.41, 5.74) is 7.07. The van der Waals surface area contributed by atoms with E-state index in [9.17, 15) is 9.59 Å². The van der Waals surface area contributed by atoms with E-state index in [1.165, 1.54) is 0 Å². The van der Waals surface area contributed by atoms with Gasteiger partial charge in [0.2, 0.25) is 5.60 Å². The van der Waals surface area contributed by atoms with Gasteiger partial charge in [-0.3, -0.25) is 4.79 Å². The van der Waals surface area contributed by atoms with Gasteiger partial charge in [0.15, 0.2) is 0 Å². The molecular weight excluding hydrogens is 436 g/mol. The lowest BCUT2D eigenvalue weighted by molar-refractivity contribution is -0.175. The Kier molecular flexibility index (Phi) is 5.03. The van der Waals surface area contributed by atoms with Crippen LogP contribution in [0, 0.1) is 0 Å². The summed E-state index contributed by atoms with van der Waals surface area (Å²) >= 11 is 0. The molecule has 1 atom stereocenters. The molecule has 1 unspecified atom stereocenters. The minimum absolute atomic E-state index is 0.0741. The molecule has 0 heterocycles. The molecule has 0 N–H and O–H groups in total. The molecule has 0 aromatic heterocycles.